The molecule has 0 fully saturated rings. The van der Waals surface area contributed by atoms with Crippen molar-refractivity contribution >= 4 is 0 Å². The van der Waals surface area contributed by atoms with Crippen LogP contribution in [0.1, 0.15) is 18.5 Å². The van der Waals surface area contributed by atoms with Crippen LogP contribution in [0.15, 0.2) is 12.3 Å². The standard InChI is InChI=1S/C9H8F3N3O/c10-9(11,12)3-1-5-16-8-14-4-2-7(6-13)15-8/h2,4H,1,3,5H2. The molecule has 86 valence electrons. The zero-order chi connectivity index (χ0) is 12.0. The largest absolute Gasteiger partial charge is 0.463 e. The molecule has 0 saturated carbocycles. The van der Waals surface area contributed by atoms with Gasteiger partial charge in [0.15, 0.2) is 0 Å². The predicted molar refractivity (Wildman–Crippen MR) is 47.5 cm³/mol. The molecular weight excluding hydrogens is 223 g/mol. The number of rotatable bonds is 4. The van der Waals surface area contributed by atoms with Crippen LogP contribution in [-0.4, -0.2) is 22.8 Å². The van der Waals surface area contributed by atoms with Gasteiger partial charge in [-0.05, 0) is 12.5 Å². The maximum Gasteiger partial charge on any atom is 0.389 e. The van der Waals surface area contributed by atoms with Gasteiger partial charge < -0.3 is 4.74 Å². The van der Waals surface area contributed by atoms with E-state index in [1.807, 2.05) is 0 Å². The van der Waals surface area contributed by atoms with E-state index in [0.717, 1.165) is 0 Å². The minimum absolute atomic E-state index is 0.0822. The first kappa shape index (κ1) is 12.2. The first-order valence-electron chi connectivity index (χ1n) is 4.44. The summed E-state index contributed by atoms with van der Waals surface area (Å²) in [4.78, 5) is 7.31. The van der Waals surface area contributed by atoms with Crippen molar-refractivity contribution in [2.24, 2.45) is 0 Å². The highest BCUT2D eigenvalue weighted by molar-refractivity contribution is 5.19. The lowest BCUT2D eigenvalue weighted by Crippen LogP contribution is -2.10. The molecule has 4 nitrogen and oxygen atoms in total. The number of ether oxygens (including phenoxy) is 1. The van der Waals surface area contributed by atoms with Crippen molar-refractivity contribution < 1.29 is 17.9 Å². The molecular formula is C9H8F3N3O. The number of nitriles is 1. The van der Waals surface area contributed by atoms with Gasteiger partial charge in [-0.1, -0.05) is 0 Å². The highest BCUT2D eigenvalue weighted by Gasteiger charge is 2.26. The molecule has 0 atom stereocenters. The molecule has 0 aliphatic heterocycles. The van der Waals surface area contributed by atoms with Gasteiger partial charge in [0.2, 0.25) is 0 Å². The Labute approximate surface area is 89.7 Å². The second kappa shape index (κ2) is 5.30. The van der Waals surface area contributed by atoms with E-state index in [2.05, 4.69) is 9.97 Å². The van der Waals surface area contributed by atoms with Crippen LogP contribution < -0.4 is 4.74 Å². The van der Waals surface area contributed by atoms with Crippen molar-refractivity contribution in [1.29, 1.82) is 5.26 Å². The average Bonchev–Trinajstić information content (AvgIpc) is 2.23. The molecule has 7 heteroatoms. The van der Waals surface area contributed by atoms with Gasteiger partial charge in [0, 0.05) is 12.6 Å². The van der Waals surface area contributed by atoms with E-state index in [0.29, 0.717) is 0 Å². The van der Waals surface area contributed by atoms with Crippen molar-refractivity contribution in [2.75, 3.05) is 6.61 Å². The lowest BCUT2D eigenvalue weighted by molar-refractivity contribution is -0.136. The van der Waals surface area contributed by atoms with Crippen LogP contribution in [0.4, 0.5) is 13.2 Å². The van der Waals surface area contributed by atoms with Crippen molar-refractivity contribution in [2.45, 2.75) is 19.0 Å². The molecule has 0 radical (unpaired) electrons. The van der Waals surface area contributed by atoms with Crippen LogP contribution >= 0.6 is 0 Å². The third kappa shape index (κ3) is 4.59. The summed E-state index contributed by atoms with van der Waals surface area (Å²) in [6, 6.07) is 3.07. The van der Waals surface area contributed by atoms with Gasteiger partial charge in [0.1, 0.15) is 11.8 Å². The van der Waals surface area contributed by atoms with Crippen LogP contribution in [0.5, 0.6) is 6.01 Å². The van der Waals surface area contributed by atoms with Gasteiger partial charge in [-0.3, -0.25) is 0 Å². The van der Waals surface area contributed by atoms with Crippen LogP contribution in [-0.2, 0) is 0 Å². The topological polar surface area (TPSA) is 58.8 Å². The van der Waals surface area contributed by atoms with Crippen molar-refractivity contribution in [3.8, 4) is 12.1 Å². The fourth-order valence-electron chi connectivity index (χ4n) is 0.909. The van der Waals surface area contributed by atoms with Crippen molar-refractivity contribution in [3.63, 3.8) is 0 Å². The second-order valence-corrected chi connectivity index (χ2v) is 2.90. The van der Waals surface area contributed by atoms with Gasteiger partial charge in [0.05, 0.1) is 6.61 Å². The van der Waals surface area contributed by atoms with E-state index in [1.165, 1.54) is 12.3 Å². The lowest BCUT2D eigenvalue weighted by atomic mass is 10.3. The number of halogens is 3. The van der Waals surface area contributed by atoms with E-state index < -0.39 is 12.6 Å². The molecule has 1 rings (SSSR count). The summed E-state index contributed by atoms with van der Waals surface area (Å²) < 4.78 is 40.2. The number of nitrogens with zero attached hydrogens (tertiary/aromatic N) is 3. The summed E-state index contributed by atoms with van der Waals surface area (Å²) in [5, 5.41) is 8.50. The molecule has 0 aliphatic carbocycles. The van der Waals surface area contributed by atoms with E-state index in [1.54, 1.807) is 6.07 Å². The highest BCUT2D eigenvalue weighted by atomic mass is 19.4. The lowest BCUT2D eigenvalue weighted by Gasteiger charge is -2.06. The fourth-order valence-corrected chi connectivity index (χ4v) is 0.909. The normalized spacial score (nSPS) is 10.9. The van der Waals surface area contributed by atoms with Crippen LogP contribution in [0.25, 0.3) is 0 Å². The predicted octanol–water partition coefficient (Wildman–Crippen LogP) is 2.07. The molecule has 1 aromatic rings. The summed E-state index contributed by atoms with van der Waals surface area (Å²) in [5.41, 5.74) is 0.112. The minimum Gasteiger partial charge on any atom is -0.463 e. The molecule has 0 aromatic carbocycles. The summed E-state index contributed by atoms with van der Waals surface area (Å²) in [7, 11) is 0. The average molecular weight is 231 g/mol. The van der Waals surface area contributed by atoms with Gasteiger partial charge in [-0.25, -0.2) is 4.98 Å². The molecule has 0 saturated heterocycles. The van der Waals surface area contributed by atoms with Crippen LogP contribution in [0, 0.1) is 11.3 Å². The van der Waals surface area contributed by atoms with Gasteiger partial charge in [-0.2, -0.15) is 23.4 Å². The zero-order valence-corrected chi connectivity index (χ0v) is 8.16. The number of hydrogen-bond acceptors (Lipinski definition) is 4. The first-order chi connectivity index (χ1) is 7.51. The molecule has 16 heavy (non-hydrogen) atoms. The Hall–Kier alpha value is -1.84. The van der Waals surface area contributed by atoms with E-state index in [4.69, 9.17) is 10.00 Å². The molecule has 1 aromatic heterocycles. The van der Waals surface area contributed by atoms with E-state index in [9.17, 15) is 13.2 Å². The number of alkyl halides is 3. The van der Waals surface area contributed by atoms with Crippen LogP contribution in [0.3, 0.4) is 0 Å². The van der Waals surface area contributed by atoms with Crippen molar-refractivity contribution in [3.05, 3.63) is 18.0 Å². The van der Waals surface area contributed by atoms with Gasteiger partial charge >= 0.3 is 12.2 Å². The SMILES string of the molecule is N#Cc1ccnc(OCCCC(F)(F)F)n1. The van der Waals surface area contributed by atoms with Crippen LogP contribution in [0.2, 0.25) is 0 Å². The molecule has 0 spiro atoms. The van der Waals surface area contributed by atoms with Crippen molar-refractivity contribution in [1.82, 2.24) is 9.97 Å². The Balaban J connectivity index is 2.35. The molecule has 0 bridgehead atoms. The third-order valence-corrected chi connectivity index (χ3v) is 1.58. The maximum absolute atomic E-state index is 11.8. The summed E-state index contributed by atoms with van der Waals surface area (Å²) in [6.45, 7) is -0.131. The maximum atomic E-state index is 11.8. The highest BCUT2D eigenvalue weighted by Crippen LogP contribution is 2.21. The summed E-state index contributed by atoms with van der Waals surface area (Å²) >= 11 is 0. The summed E-state index contributed by atoms with van der Waals surface area (Å²) in [5.74, 6) is 0. The van der Waals surface area contributed by atoms with E-state index >= 15 is 0 Å². The monoisotopic (exact) mass is 231 g/mol. The molecule has 1 heterocycles. The Morgan fingerprint density at radius 2 is 2.19 bits per heavy atom. The quantitative estimate of drug-likeness (QED) is 0.744. The van der Waals surface area contributed by atoms with Gasteiger partial charge in [-0.15, -0.1) is 0 Å². The number of hydrogen-bond donors (Lipinski definition) is 0. The molecule has 0 N–H and O–H groups in total. The minimum atomic E-state index is -4.18. The smallest absolute Gasteiger partial charge is 0.389 e. The Morgan fingerprint density at radius 3 is 2.81 bits per heavy atom. The Kier molecular flexibility index (Phi) is 4.05. The fraction of sp³-hybridized carbons (Fsp3) is 0.444. The molecule has 0 unspecified atom stereocenters. The van der Waals surface area contributed by atoms with Gasteiger partial charge in [0.25, 0.3) is 0 Å². The molecule has 0 amide bonds. The second-order valence-electron chi connectivity index (χ2n) is 2.90. The first-order valence-corrected chi connectivity index (χ1v) is 4.44. The molecule has 0 aliphatic rings. The third-order valence-electron chi connectivity index (χ3n) is 1.58. The Bertz CT molecular complexity index is 386. The number of aromatic nitrogens is 2. The Morgan fingerprint density at radius 1 is 1.44 bits per heavy atom. The zero-order valence-electron chi connectivity index (χ0n) is 8.16. The summed E-state index contributed by atoms with van der Waals surface area (Å²) in [6.07, 6.45) is -3.95. The van der Waals surface area contributed by atoms with E-state index in [-0.39, 0.29) is 24.7 Å².